The molecule has 0 spiro atoms. The van der Waals surface area contributed by atoms with Gasteiger partial charge in [0.15, 0.2) is 17.5 Å². The van der Waals surface area contributed by atoms with Crippen LogP contribution in [0.15, 0.2) is 65.7 Å². The minimum atomic E-state index is -0.416. The molecule has 12 nitrogen and oxygen atoms in total. The van der Waals surface area contributed by atoms with Crippen LogP contribution in [-0.4, -0.2) is 104 Å². The van der Waals surface area contributed by atoms with Crippen LogP contribution in [0.4, 0.5) is 21.6 Å². The van der Waals surface area contributed by atoms with Crippen LogP contribution in [-0.2, 0) is 9.59 Å². The van der Waals surface area contributed by atoms with E-state index in [0.29, 0.717) is 55.4 Å². The van der Waals surface area contributed by atoms with Crippen LogP contribution in [0.2, 0.25) is 0 Å². The molecule has 52 heavy (non-hydrogen) atoms. The molecule has 0 saturated carbocycles. The highest BCUT2D eigenvalue weighted by Gasteiger charge is 2.24. The number of pyridine rings is 1. The summed E-state index contributed by atoms with van der Waals surface area (Å²) in [5.74, 6) is -0.0687. The summed E-state index contributed by atoms with van der Waals surface area (Å²) in [5, 5.41) is 19.8. The average molecular weight is 709 g/mol. The molecule has 3 heterocycles. The molecule has 0 bridgehead atoms. The molecule has 1 fully saturated rings. The summed E-state index contributed by atoms with van der Waals surface area (Å²) < 4.78 is 14.6. The van der Waals surface area contributed by atoms with E-state index in [0.717, 1.165) is 43.5 Å². The van der Waals surface area contributed by atoms with Crippen molar-refractivity contribution in [1.82, 2.24) is 20.1 Å². The number of nitrogens with one attached hydrogen (secondary N) is 3. The van der Waals surface area contributed by atoms with Gasteiger partial charge in [-0.1, -0.05) is 37.3 Å². The molecule has 5 N–H and O–H groups in total. The number of hydrogen-bond donors (Lipinski definition) is 4. The van der Waals surface area contributed by atoms with Crippen LogP contribution < -0.4 is 20.9 Å². The molecule has 274 valence electrons. The summed E-state index contributed by atoms with van der Waals surface area (Å²) in [5.41, 5.74) is 11.0. The Morgan fingerprint density at radius 2 is 1.79 bits per heavy atom. The second-order valence-corrected chi connectivity index (χ2v) is 12.9. The maximum atomic E-state index is 14.6. The van der Waals surface area contributed by atoms with Gasteiger partial charge in [0.25, 0.3) is 0 Å². The van der Waals surface area contributed by atoms with Crippen LogP contribution in [0.3, 0.4) is 0 Å². The van der Waals surface area contributed by atoms with E-state index >= 15 is 0 Å². The topological polar surface area (TPSA) is 158 Å². The number of halogens is 1. The Morgan fingerprint density at radius 3 is 2.44 bits per heavy atom. The molecular weight excluding hydrogens is 659 g/mol. The molecule has 3 aromatic rings. The molecule has 0 radical (unpaired) electrons. The highest BCUT2D eigenvalue weighted by Crippen LogP contribution is 2.27. The SMILES string of the molecule is CCN(CCC(=O)N(CC)c1ccc(N)c(C(=N)c2ccc(F)c(N3CCCC3)n2)c1)CC(=O)N1CC=C(c2ccc(C(=N)/N=C\NC)cc2)CC1. The van der Waals surface area contributed by atoms with E-state index in [1.165, 1.54) is 24.0 Å². The molecule has 0 unspecified atom stereocenters. The largest absolute Gasteiger partial charge is 0.398 e. The number of nitrogens with two attached hydrogens (primary N) is 1. The fraction of sp³-hybridized carbons (Fsp3) is 0.385. The maximum Gasteiger partial charge on any atom is 0.237 e. The molecule has 5 rings (SSSR count). The number of likely N-dealkylation sites (N-methyl/N-ethyl adjacent to an activating group) is 1. The normalized spacial score (nSPS) is 14.5. The van der Waals surface area contributed by atoms with E-state index in [1.54, 1.807) is 30.1 Å². The quantitative estimate of drug-likeness (QED) is 0.107. The number of benzene rings is 2. The summed E-state index contributed by atoms with van der Waals surface area (Å²) in [6.07, 6.45) is 6.45. The molecule has 1 saturated heterocycles. The summed E-state index contributed by atoms with van der Waals surface area (Å²) in [7, 11) is 1.74. The number of nitrogens with zero attached hydrogens (tertiary/aromatic N) is 6. The summed E-state index contributed by atoms with van der Waals surface area (Å²) in [6, 6.07) is 15.7. The van der Waals surface area contributed by atoms with Crippen molar-refractivity contribution in [3.63, 3.8) is 0 Å². The van der Waals surface area contributed by atoms with Crippen LogP contribution >= 0.6 is 0 Å². The lowest BCUT2D eigenvalue weighted by atomic mass is 9.98. The molecule has 13 heteroatoms. The van der Waals surface area contributed by atoms with Crippen LogP contribution in [0.25, 0.3) is 5.57 Å². The number of amides is 2. The molecule has 2 aliphatic heterocycles. The number of anilines is 3. The zero-order valence-corrected chi connectivity index (χ0v) is 30.3. The first kappa shape index (κ1) is 37.8. The Labute approximate surface area is 305 Å². The van der Waals surface area contributed by atoms with Crippen LogP contribution in [0.1, 0.15) is 61.9 Å². The first-order valence-electron chi connectivity index (χ1n) is 17.9. The highest BCUT2D eigenvalue weighted by molar-refractivity contribution is 6.13. The van der Waals surface area contributed by atoms with Crippen molar-refractivity contribution in [2.24, 2.45) is 4.99 Å². The number of aromatic nitrogens is 1. The first-order valence-corrected chi connectivity index (χ1v) is 17.9. The van der Waals surface area contributed by atoms with Gasteiger partial charge in [0, 0.05) is 75.2 Å². The minimum Gasteiger partial charge on any atom is -0.398 e. The Morgan fingerprint density at radius 1 is 1.04 bits per heavy atom. The van der Waals surface area contributed by atoms with Crippen molar-refractivity contribution in [1.29, 1.82) is 10.8 Å². The third kappa shape index (κ3) is 9.07. The van der Waals surface area contributed by atoms with E-state index in [9.17, 15) is 14.0 Å². The standard InChI is InChI=1S/C39H49FN10O2/c1-4-47(25-36(52)48-22-16-28(17-23-48)27-8-10-29(11-9-27)38(43)45-26-44-3)21-18-35(51)50(5-2)30-12-14-33(41)31(24-30)37(42)34-15-13-32(40)39(46-34)49-19-6-7-20-49/h8-16,24,26,42H,4-7,17-23,25,41H2,1-3H3,(H2,43,44,45). The van der Waals surface area contributed by atoms with Gasteiger partial charge >= 0.3 is 0 Å². The van der Waals surface area contributed by atoms with Gasteiger partial charge in [0.1, 0.15) is 0 Å². The predicted octanol–water partition coefficient (Wildman–Crippen LogP) is 4.77. The number of aliphatic imine (C=N–C) groups is 1. The predicted molar refractivity (Wildman–Crippen MR) is 207 cm³/mol. The van der Waals surface area contributed by atoms with Crippen molar-refractivity contribution in [2.75, 3.05) is 74.9 Å². The third-order valence-electron chi connectivity index (χ3n) is 9.59. The smallest absolute Gasteiger partial charge is 0.237 e. The molecule has 2 aliphatic rings. The average Bonchev–Trinajstić information content (AvgIpc) is 3.71. The number of carbonyl (C=O) groups excluding carboxylic acids is 2. The van der Waals surface area contributed by atoms with E-state index in [1.807, 2.05) is 52.8 Å². The number of amidine groups is 1. The van der Waals surface area contributed by atoms with Crippen molar-refractivity contribution in [3.05, 3.63) is 88.9 Å². The minimum absolute atomic E-state index is 0.0205. The molecule has 2 aromatic carbocycles. The van der Waals surface area contributed by atoms with E-state index in [4.69, 9.17) is 16.6 Å². The van der Waals surface area contributed by atoms with Crippen LogP contribution in [0, 0.1) is 16.6 Å². The lowest BCUT2D eigenvalue weighted by Crippen LogP contribution is -2.43. The van der Waals surface area contributed by atoms with Crippen molar-refractivity contribution in [2.45, 2.75) is 39.5 Å². The van der Waals surface area contributed by atoms with Gasteiger partial charge in [-0.3, -0.25) is 25.3 Å². The Hall–Kier alpha value is -5.43. The number of nitrogen functional groups attached to an aromatic ring is 1. The van der Waals surface area contributed by atoms with Gasteiger partial charge in [-0.25, -0.2) is 14.4 Å². The molecule has 0 atom stereocenters. The van der Waals surface area contributed by atoms with Gasteiger partial charge in [-0.2, -0.15) is 0 Å². The zero-order valence-electron chi connectivity index (χ0n) is 30.3. The third-order valence-corrected chi connectivity index (χ3v) is 9.59. The molecule has 1 aromatic heterocycles. The van der Waals surface area contributed by atoms with Gasteiger partial charge in [0.2, 0.25) is 11.8 Å². The Balaban J connectivity index is 1.17. The van der Waals surface area contributed by atoms with E-state index < -0.39 is 5.82 Å². The Bertz CT molecular complexity index is 1830. The molecular formula is C39H49FN10O2. The van der Waals surface area contributed by atoms with Gasteiger partial charge < -0.3 is 25.8 Å². The number of carbonyl (C=O) groups is 2. The Kier molecular flexibility index (Phi) is 12.9. The molecule has 2 amide bonds. The monoisotopic (exact) mass is 708 g/mol. The summed E-state index contributed by atoms with van der Waals surface area (Å²) >= 11 is 0. The van der Waals surface area contributed by atoms with E-state index in [-0.39, 0.29) is 42.1 Å². The lowest BCUT2D eigenvalue weighted by Gasteiger charge is -2.30. The van der Waals surface area contributed by atoms with Crippen molar-refractivity contribution < 1.29 is 14.0 Å². The zero-order chi connectivity index (χ0) is 37.2. The van der Waals surface area contributed by atoms with Crippen molar-refractivity contribution >= 4 is 52.5 Å². The fourth-order valence-corrected chi connectivity index (χ4v) is 6.52. The van der Waals surface area contributed by atoms with Gasteiger partial charge in [-0.15, -0.1) is 0 Å². The summed E-state index contributed by atoms with van der Waals surface area (Å²) in [6.45, 7) is 8.11. The van der Waals surface area contributed by atoms with Crippen molar-refractivity contribution in [3.8, 4) is 0 Å². The number of rotatable bonds is 14. The second-order valence-electron chi connectivity index (χ2n) is 12.9. The van der Waals surface area contributed by atoms with Gasteiger partial charge in [-0.05, 0) is 74.2 Å². The fourth-order valence-electron chi connectivity index (χ4n) is 6.52. The second kappa shape index (κ2) is 17.7. The highest BCUT2D eigenvalue weighted by atomic mass is 19.1. The van der Waals surface area contributed by atoms with Crippen LogP contribution in [0.5, 0.6) is 0 Å². The summed E-state index contributed by atoms with van der Waals surface area (Å²) in [4.78, 5) is 42.8. The van der Waals surface area contributed by atoms with Gasteiger partial charge in [0.05, 0.1) is 24.3 Å². The maximum absolute atomic E-state index is 14.6. The number of hydrogen-bond acceptors (Lipinski definition) is 8. The van der Waals surface area contributed by atoms with E-state index in [2.05, 4.69) is 21.4 Å². The first-order chi connectivity index (χ1) is 25.1. The lowest BCUT2D eigenvalue weighted by molar-refractivity contribution is -0.132. The molecule has 0 aliphatic carbocycles.